The molecule has 11 aromatic carbocycles. The van der Waals surface area contributed by atoms with Crippen LogP contribution in [0.1, 0.15) is 0 Å². The zero-order chi connectivity index (χ0) is 41.0. The maximum absolute atomic E-state index is 2.45. The fraction of sp³-hybridized carbons (Fsp3) is 0. The molecule has 0 aliphatic rings. The van der Waals surface area contributed by atoms with Crippen molar-refractivity contribution in [2.24, 2.45) is 0 Å². The van der Waals surface area contributed by atoms with Crippen LogP contribution < -0.4 is 4.90 Å². The highest BCUT2D eigenvalue weighted by Gasteiger charge is 2.22. The number of anilines is 3. The van der Waals surface area contributed by atoms with Gasteiger partial charge in [-0.2, -0.15) is 0 Å². The number of nitrogens with zero attached hydrogens (tertiary/aromatic N) is 1. The van der Waals surface area contributed by atoms with Gasteiger partial charge in [0.15, 0.2) is 0 Å². The summed E-state index contributed by atoms with van der Waals surface area (Å²) in [6, 6.07) is 87.0. The highest BCUT2D eigenvalue weighted by atomic mass is 32.1. The average Bonchev–Trinajstić information content (AvgIpc) is 3.72. The van der Waals surface area contributed by atoms with Crippen LogP contribution in [0.15, 0.2) is 237 Å². The minimum absolute atomic E-state index is 1.09. The molecule has 0 radical (unpaired) electrons. The van der Waals surface area contributed by atoms with Gasteiger partial charge in [-0.05, 0) is 131 Å². The second-order valence-corrected chi connectivity index (χ2v) is 17.1. The first-order chi connectivity index (χ1) is 30.7. The second-order valence-electron chi connectivity index (χ2n) is 16.1. The number of fused-ring (bicyclic) bond motifs is 7. The van der Waals surface area contributed by atoms with E-state index >= 15 is 0 Å². The summed E-state index contributed by atoms with van der Waals surface area (Å²) in [4.78, 5) is 2.45. The molecule has 12 aromatic rings. The summed E-state index contributed by atoms with van der Waals surface area (Å²) in [5.41, 5.74) is 12.8. The molecule has 0 spiro atoms. The van der Waals surface area contributed by atoms with Crippen LogP contribution in [0.2, 0.25) is 0 Å². The van der Waals surface area contributed by atoms with Crippen molar-refractivity contribution in [3.63, 3.8) is 0 Å². The first-order valence-electron chi connectivity index (χ1n) is 21.2. The van der Waals surface area contributed by atoms with E-state index in [4.69, 9.17) is 0 Å². The van der Waals surface area contributed by atoms with Crippen LogP contribution in [0.3, 0.4) is 0 Å². The Morgan fingerprint density at radius 2 is 0.790 bits per heavy atom. The number of rotatable bonds is 7. The molecule has 0 saturated heterocycles. The van der Waals surface area contributed by atoms with Gasteiger partial charge in [0.2, 0.25) is 0 Å². The third-order valence-corrected chi connectivity index (χ3v) is 13.6. The molecule has 290 valence electrons. The lowest BCUT2D eigenvalue weighted by molar-refractivity contribution is 1.29. The molecule has 0 bridgehead atoms. The maximum Gasteiger partial charge on any atom is 0.0474 e. The van der Waals surface area contributed by atoms with Crippen LogP contribution in [-0.4, -0.2) is 0 Å². The van der Waals surface area contributed by atoms with E-state index < -0.39 is 0 Å². The van der Waals surface area contributed by atoms with E-state index in [1.807, 2.05) is 11.3 Å². The van der Waals surface area contributed by atoms with Crippen molar-refractivity contribution < 1.29 is 0 Å². The van der Waals surface area contributed by atoms with E-state index in [1.165, 1.54) is 97.0 Å². The lowest BCUT2D eigenvalue weighted by Crippen LogP contribution is -2.11. The summed E-state index contributed by atoms with van der Waals surface area (Å²) in [5.74, 6) is 0. The molecule has 1 nitrogen and oxygen atoms in total. The number of hydrogen-bond donors (Lipinski definition) is 0. The molecule has 1 heterocycles. The van der Waals surface area contributed by atoms with Gasteiger partial charge in [-0.25, -0.2) is 0 Å². The van der Waals surface area contributed by atoms with Gasteiger partial charge in [0.1, 0.15) is 0 Å². The van der Waals surface area contributed by atoms with E-state index in [2.05, 4.69) is 241 Å². The van der Waals surface area contributed by atoms with Crippen molar-refractivity contribution >= 4 is 80.9 Å². The SMILES string of the molecule is c1ccc(-c2cc(N(c3ccc(-c4cccc5ccccc45)cc3)c3ccc4sc5ccccc5c4c3)cc(-c3ccccc3)c2-c2ccc3c(ccc4ccccc43)c2)cc1. The molecule has 0 N–H and O–H groups in total. The fourth-order valence-electron chi connectivity index (χ4n) is 9.49. The third-order valence-electron chi connectivity index (χ3n) is 12.4. The summed E-state index contributed by atoms with van der Waals surface area (Å²) in [7, 11) is 0. The average molecular weight is 806 g/mol. The van der Waals surface area contributed by atoms with Gasteiger partial charge in [0, 0.05) is 37.2 Å². The van der Waals surface area contributed by atoms with Crippen molar-refractivity contribution in [1.82, 2.24) is 0 Å². The fourth-order valence-corrected chi connectivity index (χ4v) is 10.6. The van der Waals surface area contributed by atoms with E-state index in [0.717, 1.165) is 17.1 Å². The van der Waals surface area contributed by atoms with E-state index in [-0.39, 0.29) is 0 Å². The predicted molar refractivity (Wildman–Crippen MR) is 268 cm³/mol. The number of thiophene rings is 1. The Morgan fingerprint density at radius 1 is 0.258 bits per heavy atom. The molecular weight excluding hydrogens is 767 g/mol. The number of benzene rings is 11. The highest BCUT2D eigenvalue weighted by Crippen LogP contribution is 2.48. The van der Waals surface area contributed by atoms with Gasteiger partial charge in [-0.3, -0.25) is 0 Å². The van der Waals surface area contributed by atoms with Crippen LogP contribution in [-0.2, 0) is 0 Å². The van der Waals surface area contributed by atoms with Crippen LogP contribution in [0.5, 0.6) is 0 Å². The zero-order valence-corrected chi connectivity index (χ0v) is 34.7. The summed E-state index contributed by atoms with van der Waals surface area (Å²) < 4.78 is 2.59. The molecule has 0 fully saturated rings. The third kappa shape index (κ3) is 6.24. The summed E-state index contributed by atoms with van der Waals surface area (Å²) in [6.07, 6.45) is 0. The van der Waals surface area contributed by atoms with Crippen molar-refractivity contribution in [1.29, 1.82) is 0 Å². The second kappa shape index (κ2) is 15.0. The van der Waals surface area contributed by atoms with E-state index in [1.54, 1.807) is 0 Å². The molecule has 0 aliphatic heterocycles. The minimum atomic E-state index is 1.09. The van der Waals surface area contributed by atoms with Crippen molar-refractivity contribution in [3.05, 3.63) is 237 Å². The van der Waals surface area contributed by atoms with Crippen LogP contribution in [0.4, 0.5) is 17.1 Å². The molecule has 0 atom stereocenters. The summed E-state index contributed by atoms with van der Waals surface area (Å²) in [6.45, 7) is 0. The monoisotopic (exact) mass is 805 g/mol. The van der Waals surface area contributed by atoms with Crippen molar-refractivity contribution in [2.75, 3.05) is 4.90 Å². The maximum atomic E-state index is 2.45. The van der Waals surface area contributed by atoms with Crippen LogP contribution >= 0.6 is 11.3 Å². The number of hydrogen-bond acceptors (Lipinski definition) is 2. The minimum Gasteiger partial charge on any atom is -0.310 e. The first-order valence-corrected chi connectivity index (χ1v) is 22.1. The Bertz CT molecular complexity index is 3560. The Labute approximate surface area is 365 Å². The van der Waals surface area contributed by atoms with Gasteiger partial charge in [-0.15, -0.1) is 11.3 Å². The lowest BCUT2D eigenvalue weighted by atomic mass is 9.85. The van der Waals surface area contributed by atoms with E-state index in [9.17, 15) is 0 Å². The van der Waals surface area contributed by atoms with E-state index in [0.29, 0.717) is 0 Å². The van der Waals surface area contributed by atoms with Gasteiger partial charge < -0.3 is 4.90 Å². The quantitative estimate of drug-likeness (QED) is 0.145. The van der Waals surface area contributed by atoms with Crippen LogP contribution in [0.25, 0.3) is 97.0 Å². The first kappa shape index (κ1) is 36.1. The summed E-state index contributed by atoms with van der Waals surface area (Å²) >= 11 is 1.86. The Balaban J connectivity index is 1.12. The molecule has 0 aliphatic carbocycles. The topological polar surface area (TPSA) is 3.24 Å². The molecule has 0 saturated carbocycles. The molecule has 62 heavy (non-hydrogen) atoms. The molecule has 1 aromatic heterocycles. The Morgan fingerprint density at radius 3 is 1.53 bits per heavy atom. The normalized spacial score (nSPS) is 11.5. The standard InChI is InChI=1S/C60H39NS/c1-3-14-41(15-4-1)55-38-49(39-56(42-16-5-2-6-17-42)60(55)46-30-34-53-45(36-46)27-26-43-19-8-10-22-51(43)53)61(48-33-35-59-57(37-48)54-23-11-12-25-58(54)62-59)47-31-28-44(29-32-47)52-24-13-20-40-18-7-9-21-50(40)52/h1-39H. The van der Waals surface area contributed by atoms with Gasteiger partial charge in [0.25, 0.3) is 0 Å². The summed E-state index contributed by atoms with van der Waals surface area (Å²) in [5, 5.41) is 10.1. The molecular formula is C60H39NS. The Kier molecular flexibility index (Phi) is 8.76. The lowest BCUT2D eigenvalue weighted by Gasteiger charge is -2.29. The molecule has 12 rings (SSSR count). The van der Waals surface area contributed by atoms with Gasteiger partial charge >= 0.3 is 0 Å². The van der Waals surface area contributed by atoms with Gasteiger partial charge in [0.05, 0.1) is 0 Å². The van der Waals surface area contributed by atoms with Crippen molar-refractivity contribution in [3.8, 4) is 44.5 Å². The Hall–Kier alpha value is -7.78. The zero-order valence-electron chi connectivity index (χ0n) is 33.9. The highest BCUT2D eigenvalue weighted by molar-refractivity contribution is 7.25. The van der Waals surface area contributed by atoms with Crippen molar-refractivity contribution in [2.45, 2.75) is 0 Å². The molecule has 2 heteroatoms. The smallest absolute Gasteiger partial charge is 0.0474 e. The van der Waals surface area contributed by atoms with Crippen LogP contribution in [0, 0.1) is 0 Å². The molecule has 0 amide bonds. The largest absolute Gasteiger partial charge is 0.310 e. The molecule has 0 unspecified atom stereocenters. The predicted octanol–water partition coefficient (Wildman–Crippen LogP) is 17.7. The van der Waals surface area contributed by atoms with Gasteiger partial charge in [-0.1, -0.05) is 182 Å².